The number of halogens is 1. The van der Waals surface area contributed by atoms with Crippen LogP contribution in [0.25, 0.3) is 22.4 Å². The SMILES string of the molecule is COC(C)(C)C1CCCN1c1nc2nc(C3NOC(=O)N3)nc(-c3cccc(Cl)c3)c2n1CC1CCC(C)CC1. The van der Waals surface area contributed by atoms with Gasteiger partial charge < -0.3 is 19.0 Å². The summed E-state index contributed by atoms with van der Waals surface area (Å²) in [6, 6.07) is 7.86. The van der Waals surface area contributed by atoms with E-state index in [9.17, 15) is 4.79 Å². The van der Waals surface area contributed by atoms with Gasteiger partial charge in [-0.2, -0.15) is 4.98 Å². The summed E-state index contributed by atoms with van der Waals surface area (Å²) in [5.74, 6) is 2.59. The van der Waals surface area contributed by atoms with Gasteiger partial charge in [0.05, 0.1) is 11.6 Å². The number of nitrogens with zero attached hydrogens (tertiary/aromatic N) is 5. The van der Waals surface area contributed by atoms with Gasteiger partial charge in [-0.25, -0.2) is 14.8 Å². The topological polar surface area (TPSA) is 106 Å². The number of anilines is 1. The Hall–Kier alpha value is -2.95. The van der Waals surface area contributed by atoms with Gasteiger partial charge in [0.25, 0.3) is 0 Å². The first-order chi connectivity index (χ1) is 19.2. The lowest BCUT2D eigenvalue weighted by molar-refractivity contribution is 0.00151. The number of amides is 1. The molecule has 1 amide bonds. The number of nitrogens with one attached hydrogen (secondary N) is 2. The molecule has 0 bridgehead atoms. The van der Waals surface area contributed by atoms with Crippen LogP contribution >= 0.6 is 11.6 Å². The monoisotopic (exact) mass is 567 g/mol. The first kappa shape index (κ1) is 27.2. The van der Waals surface area contributed by atoms with Crippen molar-refractivity contribution in [1.29, 1.82) is 0 Å². The molecule has 0 spiro atoms. The molecule has 1 aliphatic carbocycles. The van der Waals surface area contributed by atoms with Crippen LogP contribution in [-0.2, 0) is 16.1 Å². The Morgan fingerprint density at radius 2 is 1.95 bits per heavy atom. The smallest absolute Gasteiger partial charge is 0.377 e. The lowest BCUT2D eigenvalue weighted by atomic mass is 9.83. The van der Waals surface area contributed by atoms with E-state index < -0.39 is 12.3 Å². The number of hydroxylamine groups is 1. The number of methoxy groups -OCH3 is 1. The van der Waals surface area contributed by atoms with Crippen molar-refractivity contribution in [3.63, 3.8) is 0 Å². The molecular formula is C29H38ClN7O3. The van der Waals surface area contributed by atoms with E-state index in [1.54, 1.807) is 7.11 Å². The van der Waals surface area contributed by atoms with E-state index in [4.69, 9.17) is 36.1 Å². The molecule has 2 aliphatic heterocycles. The molecule has 2 N–H and O–H groups in total. The molecule has 0 radical (unpaired) electrons. The highest BCUT2D eigenvalue weighted by Crippen LogP contribution is 2.39. The minimum Gasteiger partial charge on any atom is -0.377 e. The zero-order chi connectivity index (χ0) is 28.0. The average Bonchev–Trinajstić information content (AvgIpc) is 3.68. The number of hydrogen-bond donors (Lipinski definition) is 2. The third-order valence-electron chi connectivity index (χ3n) is 8.90. The van der Waals surface area contributed by atoms with Gasteiger partial charge in [-0.05, 0) is 63.5 Å². The summed E-state index contributed by atoms with van der Waals surface area (Å²) in [6.45, 7) is 8.38. The first-order valence-electron chi connectivity index (χ1n) is 14.3. The summed E-state index contributed by atoms with van der Waals surface area (Å²) in [6.07, 6.45) is 5.69. The van der Waals surface area contributed by atoms with Crippen molar-refractivity contribution < 1.29 is 14.4 Å². The van der Waals surface area contributed by atoms with Crippen LogP contribution in [0, 0.1) is 11.8 Å². The summed E-state index contributed by atoms with van der Waals surface area (Å²) in [5.41, 5.74) is 5.40. The average molecular weight is 568 g/mol. The van der Waals surface area contributed by atoms with Gasteiger partial charge in [0, 0.05) is 30.8 Å². The lowest BCUT2D eigenvalue weighted by Gasteiger charge is -2.37. The fourth-order valence-electron chi connectivity index (χ4n) is 6.44. The Morgan fingerprint density at radius 1 is 1.15 bits per heavy atom. The zero-order valence-corrected chi connectivity index (χ0v) is 24.4. The Kier molecular flexibility index (Phi) is 7.35. The number of benzene rings is 1. The molecular weight excluding hydrogens is 530 g/mol. The van der Waals surface area contributed by atoms with E-state index in [0.29, 0.717) is 22.4 Å². The van der Waals surface area contributed by atoms with Crippen LogP contribution < -0.4 is 15.7 Å². The maximum Gasteiger partial charge on any atom is 0.427 e. The molecule has 10 nitrogen and oxygen atoms in total. The third kappa shape index (κ3) is 5.12. The number of carbonyl (C=O) groups excluding carboxylic acids is 1. The van der Waals surface area contributed by atoms with Crippen LogP contribution in [0.5, 0.6) is 0 Å². The van der Waals surface area contributed by atoms with Gasteiger partial charge in [-0.15, -0.1) is 5.48 Å². The van der Waals surface area contributed by atoms with Crippen molar-refractivity contribution in [2.75, 3.05) is 18.6 Å². The highest BCUT2D eigenvalue weighted by Gasteiger charge is 2.40. The lowest BCUT2D eigenvalue weighted by Crippen LogP contribution is -2.48. The van der Waals surface area contributed by atoms with Crippen molar-refractivity contribution in [2.24, 2.45) is 11.8 Å². The number of hydrogen-bond acceptors (Lipinski definition) is 8. The molecule has 214 valence electrons. The van der Waals surface area contributed by atoms with Crippen molar-refractivity contribution >= 4 is 34.8 Å². The molecule has 1 saturated carbocycles. The van der Waals surface area contributed by atoms with Gasteiger partial charge >= 0.3 is 6.09 Å². The summed E-state index contributed by atoms with van der Waals surface area (Å²) < 4.78 is 8.31. The quantitative estimate of drug-likeness (QED) is 0.379. The van der Waals surface area contributed by atoms with E-state index in [2.05, 4.69) is 41.0 Å². The summed E-state index contributed by atoms with van der Waals surface area (Å²) in [5, 5.41) is 3.34. The standard InChI is InChI=1S/C29H38ClN7O3/c1-17-10-12-18(13-11-17)16-37-23-22(19-7-5-8-20(30)15-19)31-25(26-34-28(38)40-35-26)32-24(23)33-27(37)36-14-6-9-21(36)29(2,3)39-4/h5,7-8,15,17-18,21,26,35H,6,9-14,16H2,1-4H3,(H,34,38). The van der Waals surface area contributed by atoms with E-state index in [0.717, 1.165) is 54.6 Å². The van der Waals surface area contributed by atoms with Crippen LogP contribution in [0.4, 0.5) is 10.7 Å². The van der Waals surface area contributed by atoms with Gasteiger partial charge in [0.15, 0.2) is 17.6 Å². The number of fused-ring (bicyclic) bond motifs is 1. The first-order valence-corrected chi connectivity index (χ1v) is 14.7. The number of aromatic nitrogens is 4. The molecule has 2 unspecified atom stereocenters. The highest BCUT2D eigenvalue weighted by molar-refractivity contribution is 6.30. The number of carbonyl (C=O) groups is 1. The van der Waals surface area contributed by atoms with Crippen molar-refractivity contribution in [3.8, 4) is 11.3 Å². The molecule has 2 saturated heterocycles. The minimum absolute atomic E-state index is 0.172. The minimum atomic E-state index is -0.685. The van der Waals surface area contributed by atoms with E-state index in [1.165, 1.54) is 25.7 Å². The van der Waals surface area contributed by atoms with Crippen molar-refractivity contribution in [3.05, 3.63) is 35.1 Å². The molecule has 3 fully saturated rings. The van der Waals surface area contributed by atoms with Crippen molar-refractivity contribution in [1.82, 2.24) is 30.3 Å². The molecule has 40 heavy (non-hydrogen) atoms. The van der Waals surface area contributed by atoms with Gasteiger partial charge in [-0.3, -0.25) is 5.32 Å². The summed E-state index contributed by atoms with van der Waals surface area (Å²) in [7, 11) is 1.78. The number of ether oxygens (including phenoxy) is 1. The molecule has 6 rings (SSSR count). The molecule has 2 atom stereocenters. The predicted molar refractivity (Wildman–Crippen MR) is 154 cm³/mol. The Morgan fingerprint density at radius 3 is 2.65 bits per heavy atom. The second-order valence-corrected chi connectivity index (χ2v) is 12.4. The largest absolute Gasteiger partial charge is 0.427 e. The van der Waals surface area contributed by atoms with Crippen LogP contribution in [0.2, 0.25) is 5.02 Å². The molecule has 4 heterocycles. The highest BCUT2D eigenvalue weighted by atomic mass is 35.5. The van der Waals surface area contributed by atoms with Crippen LogP contribution in [0.3, 0.4) is 0 Å². The Balaban J connectivity index is 1.55. The predicted octanol–water partition coefficient (Wildman–Crippen LogP) is 5.61. The van der Waals surface area contributed by atoms with E-state index in [-0.39, 0.29) is 11.6 Å². The van der Waals surface area contributed by atoms with Gasteiger partial charge in [0.2, 0.25) is 5.95 Å². The molecule has 3 aliphatic rings. The number of imidazole rings is 1. The maximum atomic E-state index is 11.8. The van der Waals surface area contributed by atoms with E-state index in [1.807, 2.05) is 24.3 Å². The third-order valence-corrected chi connectivity index (χ3v) is 9.14. The Bertz CT molecular complexity index is 1400. The number of rotatable bonds is 7. The second-order valence-electron chi connectivity index (χ2n) is 12.0. The maximum absolute atomic E-state index is 11.8. The molecule has 3 aromatic rings. The fourth-order valence-corrected chi connectivity index (χ4v) is 6.63. The zero-order valence-electron chi connectivity index (χ0n) is 23.6. The van der Waals surface area contributed by atoms with Gasteiger partial charge in [0.1, 0.15) is 11.2 Å². The normalized spacial score (nSPS) is 25.4. The summed E-state index contributed by atoms with van der Waals surface area (Å²) in [4.78, 5) is 34.2. The Labute approximate surface area is 239 Å². The molecule has 1 aromatic carbocycles. The van der Waals surface area contributed by atoms with E-state index >= 15 is 0 Å². The van der Waals surface area contributed by atoms with Crippen molar-refractivity contribution in [2.45, 2.75) is 83.6 Å². The second kappa shape index (κ2) is 10.8. The molecule has 2 aromatic heterocycles. The summed E-state index contributed by atoms with van der Waals surface area (Å²) >= 11 is 6.46. The fraction of sp³-hybridized carbons (Fsp3) is 0.586. The van der Waals surface area contributed by atoms with Crippen LogP contribution in [0.1, 0.15) is 71.3 Å². The van der Waals surface area contributed by atoms with Crippen LogP contribution in [-0.4, -0.2) is 50.9 Å². The van der Waals surface area contributed by atoms with Crippen LogP contribution in [0.15, 0.2) is 24.3 Å². The van der Waals surface area contributed by atoms with Gasteiger partial charge in [-0.1, -0.05) is 43.5 Å². The molecule has 11 heteroatoms.